The predicted molar refractivity (Wildman–Crippen MR) is 76.9 cm³/mol. The molecule has 1 heterocycles. The Balaban J connectivity index is 1.84. The van der Waals surface area contributed by atoms with Crippen molar-refractivity contribution in [3.63, 3.8) is 0 Å². The third-order valence-corrected chi connectivity index (χ3v) is 3.62. The lowest BCUT2D eigenvalue weighted by Gasteiger charge is -2.07. The molecule has 20 heavy (non-hydrogen) atoms. The van der Waals surface area contributed by atoms with Crippen molar-refractivity contribution >= 4 is 21.9 Å². The number of halogens is 1. The summed E-state index contributed by atoms with van der Waals surface area (Å²) in [5, 5.41) is 15.4. The SMILES string of the molecule is O=C(O)c1cc(-c2cc(Br)cc(OCC3CC3)c2)n[nH]1. The molecule has 2 N–H and O–H groups in total. The first-order valence-corrected chi connectivity index (χ1v) is 7.13. The van der Waals surface area contributed by atoms with Crippen LogP contribution in [0.3, 0.4) is 0 Å². The molecule has 0 aliphatic heterocycles. The lowest BCUT2D eigenvalue weighted by atomic mass is 10.1. The van der Waals surface area contributed by atoms with Gasteiger partial charge in [-0.3, -0.25) is 5.10 Å². The van der Waals surface area contributed by atoms with Gasteiger partial charge < -0.3 is 9.84 Å². The van der Waals surface area contributed by atoms with Crippen LogP contribution in [0.2, 0.25) is 0 Å². The van der Waals surface area contributed by atoms with Crippen molar-refractivity contribution in [1.29, 1.82) is 0 Å². The summed E-state index contributed by atoms with van der Waals surface area (Å²) < 4.78 is 6.62. The number of aromatic carboxylic acids is 1. The molecule has 6 heteroatoms. The largest absolute Gasteiger partial charge is 0.493 e. The monoisotopic (exact) mass is 336 g/mol. The highest BCUT2D eigenvalue weighted by atomic mass is 79.9. The number of nitrogens with zero attached hydrogens (tertiary/aromatic N) is 1. The third kappa shape index (κ3) is 3.01. The number of H-pyrrole nitrogens is 1. The predicted octanol–water partition coefficient (Wildman–Crippen LogP) is 3.33. The van der Waals surface area contributed by atoms with E-state index in [9.17, 15) is 4.79 Å². The summed E-state index contributed by atoms with van der Waals surface area (Å²) in [5.41, 5.74) is 1.47. The molecular weight excluding hydrogens is 324 g/mol. The zero-order chi connectivity index (χ0) is 14.1. The van der Waals surface area contributed by atoms with Crippen LogP contribution in [0.25, 0.3) is 11.3 Å². The number of benzene rings is 1. The maximum absolute atomic E-state index is 10.9. The van der Waals surface area contributed by atoms with E-state index in [2.05, 4.69) is 26.1 Å². The Morgan fingerprint density at radius 2 is 2.20 bits per heavy atom. The van der Waals surface area contributed by atoms with Crippen molar-refractivity contribution in [2.24, 2.45) is 5.92 Å². The van der Waals surface area contributed by atoms with Crippen molar-refractivity contribution < 1.29 is 14.6 Å². The highest BCUT2D eigenvalue weighted by Gasteiger charge is 2.22. The Labute approximate surface area is 124 Å². The van der Waals surface area contributed by atoms with E-state index in [4.69, 9.17) is 9.84 Å². The minimum atomic E-state index is -1.02. The van der Waals surface area contributed by atoms with Gasteiger partial charge in [-0.05, 0) is 43.0 Å². The molecule has 5 nitrogen and oxygen atoms in total. The van der Waals surface area contributed by atoms with Crippen LogP contribution in [0.1, 0.15) is 23.3 Å². The van der Waals surface area contributed by atoms with Crippen molar-refractivity contribution in [1.82, 2.24) is 10.2 Å². The summed E-state index contributed by atoms with van der Waals surface area (Å²) in [6, 6.07) is 7.16. The number of carboxylic acids is 1. The van der Waals surface area contributed by atoms with E-state index in [1.165, 1.54) is 18.9 Å². The van der Waals surface area contributed by atoms with Crippen molar-refractivity contribution in [3.8, 4) is 17.0 Å². The van der Waals surface area contributed by atoms with Crippen molar-refractivity contribution in [3.05, 3.63) is 34.4 Å². The third-order valence-electron chi connectivity index (χ3n) is 3.16. The summed E-state index contributed by atoms with van der Waals surface area (Å²) in [6.45, 7) is 0.733. The van der Waals surface area contributed by atoms with Gasteiger partial charge in [-0.1, -0.05) is 15.9 Å². The van der Waals surface area contributed by atoms with E-state index in [-0.39, 0.29) is 5.69 Å². The first-order valence-electron chi connectivity index (χ1n) is 6.34. The Hall–Kier alpha value is -1.82. The minimum Gasteiger partial charge on any atom is -0.493 e. The fraction of sp³-hybridized carbons (Fsp3) is 0.286. The number of hydrogen-bond acceptors (Lipinski definition) is 3. The normalized spacial score (nSPS) is 14.2. The van der Waals surface area contributed by atoms with E-state index in [1.807, 2.05) is 18.2 Å². The van der Waals surface area contributed by atoms with Crippen LogP contribution in [0, 0.1) is 5.92 Å². The summed E-state index contributed by atoms with van der Waals surface area (Å²) in [5.74, 6) is 0.423. The molecule has 0 amide bonds. The van der Waals surface area contributed by atoms with Crippen molar-refractivity contribution in [2.75, 3.05) is 6.61 Å². The van der Waals surface area contributed by atoms with E-state index < -0.39 is 5.97 Å². The molecule has 1 aromatic carbocycles. The second-order valence-corrected chi connectivity index (χ2v) is 5.82. The number of nitrogens with one attached hydrogen (secondary N) is 1. The summed E-state index contributed by atoms with van der Waals surface area (Å²) in [7, 11) is 0. The van der Waals surface area contributed by atoms with Crippen LogP contribution in [-0.2, 0) is 0 Å². The number of aromatic amines is 1. The van der Waals surface area contributed by atoms with Gasteiger partial charge in [-0.2, -0.15) is 5.10 Å². The van der Waals surface area contributed by atoms with Crippen LogP contribution in [0.5, 0.6) is 5.75 Å². The number of rotatable bonds is 5. The summed E-state index contributed by atoms with van der Waals surface area (Å²) in [4.78, 5) is 10.9. The molecule has 1 aliphatic rings. The van der Waals surface area contributed by atoms with E-state index in [0.29, 0.717) is 11.6 Å². The molecule has 1 fully saturated rings. The molecule has 1 aliphatic carbocycles. The van der Waals surface area contributed by atoms with Crippen LogP contribution in [0.4, 0.5) is 0 Å². The first kappa shape index (κ1) is 13.2. The Bertz CT molecular complexity index is 650. The van der Waals surface area contributed by atoms with Gasteiger partial charge in [0.1, 0.15) is 11.4 Å². The van der Waals surface area contributed by atoms with Gasteiger partial charge >= 0.3 is 5.97 Å². The number of hydrogen-bond donors (Lipinski definition) is 2. The zero-order valence-electron chi connectivity index (χ0n) is 10.6. The Kier molecular flexibility index (Phi) is 3.48. The molecule has 0 bridgehead atoms. The summed E-state index contributed by atoms with van der Waals surface area (Å²) in [6.07, 6.45) is 2.48. The second kappa shape index (κ2) is 5.28. The fourth-order valence-corrected chi connectivity index (χ4v) is 2.34. The fourth-order valence-electron chi connectivity index (χ4n) is 1.87. The highest BCUT2D eigenvalue weighted by Crippen LogP contribution is 2.32. The lowest BCUT2D eigenvalue weighted by Crippen LogP contribution is -1.99. The van der Waals surface area contributed by atoms with Crippen molar-refractivity contribution in [2.45, 2.75) is 12.8 Å². The van der Waals surface area contributed by atoms with Crippen LogP contribution >= 0.6 is 15.9 Å². The van der Waals surface area contributed by atoms with E-state index in [0.717, 1.165) is 22.4 Å². The Morgan fingerprint density at radius 1 is 1.40 bits per heavy atom. The smallest absolute Gasteiger partial charge is 0.353 e. The van der Waals surface area contributed by atoms with Gasteiger partial charge in [0.25, 0.3) is 0 Å². The zero-order valence-corrected chi connectivity index (χ0v) is 12.2. The van der Waals surface area contributed by atoms with Crippen LogP contribution in [0.15, 0.2) is 28.7 Å². The molecule has 2 aromatic rings. The molecule has 1 aromatic heterocycles. The summed E-state index contributed by atoms with van der Waals surface area (Å²) >= 11 is 3.43. The first-order chi connectivity index (χ1) is 9.61. The van der Waals surface area contributed by atoms with Crippen LogP contribution in [-0.4, -0.2) is 27.9 Å². The molecule has 0 atom stereocenters. The van der Waals surface area contributed by atoms with Gasteiger partial charge in [0.05, 0.1) is 12.3 Å². The molecule has 0 unspecified atom stereocenters. The number of aromatic nitrogens is 2. The van der Waals surface area contributed by atoms with Gasteiger partial charge in [-0.15, -0.1) is 0 Å². The van der Waals surface area contributed by atoms with Gasteiger partial charge in [-0.25, -0.2) is 4.79 Å². The Morgan fingerprint density at radius 3 is 2.85 bits per heavy atom. The molecule has 0 spiro atoms. The minimum absolute atomic E-state index is 0.0698. The molecule has 0 radical (unpaired) electrons. The maximum atomic E-state index is 10.9. The number of carbonyl (C=O) groups is 1. The number of ether oxygens (including phenoxy) is 1. The maximum Gasteiger partial charge on any atom is 0.353 e. The molecule has 3 rings (SSSR count). The molecule has 104 valence electrons. The second-order valence-electron chi connectivity index (χ2n) is 4.90. The van der Waals surface area contributed by atoms with Gasteiger partial charge in [0, 0.05) is 10.0 Å². The van der Waals surface area contributed by atoms with Gasteiger partial charge in [0.15, 0.2) is 0 Å². The van der Waals surface area contributed by atoms with E-state index >= 15 is 0 Å². The average molecular weight is 337 g/mol. The standard InChI is InChI=1S/C14H13BrN2O3/c15-10-3-9(12-6-13(14(18)19)17-16-12)4-11(5-10)20-7-8-1-2-8/h3-6,8H,1-2,7H2,(H,16,17)(H,18,19). The lowest BCUT2D eigenvalue weighted by molar-refractivity contribution is 0.0690. The van der Waals surface area contributed by atoms with Gasteiger partial charge in [0.2, 0.25) is 0 Å². The highest BCUT2D eigenvalue weighted by molar-refractivity contribution is 9.10. The van der Waals surface area contributed by atoms with E-state index in [1.54, 1.807) is 0 Å². The average Bonchev–Trinajstić information content (AvgIpc) is 3.09. The molecule has 0 saturated heterocycles. The topological polar surface area (TPSA) is 75.2 Å². The van der Waals surface area contributed by atoms with Crippen LogP contribution < -0.4 is 4.74 Å². The molecular formula is C14H13BrN2O3. The quantitative estimate of drug-likeness (QED) is 0.878. The molecule has 1 saturated carbocycles. The number of carboxylic acid groups (broad SMARTS) is 1.